The van der Waals surface area contributed by atoms with Gasteiger partial charge in [0.25, 0.3) is 0 Å². The maximum Gasteiger partial charge on any atom is 0.0236 e. The number of nitrogens with zero attached hydrogens (tertiary/aromatic N) is 1. The Balaban J connectivity index is 1.98. The smallest absolute Gasteiger partial charge is 0.0236 e. The van der Waals surface area contributed by atoms with Crippen molar-refractivity contribution in [3.8, 4) is 0 Å². The van der Waals surface area contributed by atoms with Gasteiger partial charge in [0.15, 0.2) is 0 Å². The average molecular weight is 307 g/mol. The number of thioether (sulfide) groups is 1. The summed E-state index contributed by atoms with van der Waals surface area (Å²) < 4.78 is 0.335. The van der Waals surface area contributed by atoms with Crippen LogP contribution in [0.5, 0.6) is 0 Å². The number of piperazine rings is 1. The van der Waals surface area contributed by atoms with Crippen LogP contribution in [-0.4, -0.2) is 47.6 Å². The van der Waals surface area contributed by atoms with Gasteiger partial charge in [-0.2, -0.15) is 11.8 Å². The van der Waals surface area contributed by atoms with Crippen molar-refractivity contribution in [2.24, 2.45) is 0 Å². The number of nitrogens with one attached hydrogen (secondary N) is 1. The lowest BCUT2D eigenvalue weighted by Crippen LogP contribution is -2.59. The molecular formula is C18H30N2S. The van der Waals surface area contributed by atoms with Crippen molar-refractivity contribution in [2.45, 2.75) is 50.4 Å². The summed E-state index contributed by atoms with van der Waals surface area (Å²) in [5, 5.41) is 3.75. The largest absolute Gasteiger partial charge is 0.311 e. The summed E-state index contributed by atoms with van der Waals surface area (Å²) >= 11 is 1.98. The Morgan fingerprint density at radius 3 is 2.62 bits per heavy atom. The minimum atomic E-state index is 0.335. The normalized spacial score (nSPS) is 24.2. The average Bonchev–Trinajstić information content (AvgIpc) is 2.48. The van der Waals surface area contributed by atoms with Crippen molar-refractivity contribution in [3.63, 3.8) is 0 Å². The van der Waals surface area contributed by atoms with Crippen molar-refractivity contribution >= 4 is 11.8 Å². The monoisotopic (exact) mass is 306 g/mol. The first-order chi connectivity index (χ1) is 10.0. The molecule has 0 radical (unpaired) electrons. The van der Waals surface area contributed by atoms with Gasteiger partial charge in [0, 0.05) is 36.5 Å². The van der Waals surface area contributed by atoms with Crippen molar-refractivity contribution < 1.29 is 0 Å². The highest BCUT2D eigenvalue weighted by Crippen LogP contribution is 2.25. The van der Waals surface area contributed by atoms with Gasteiger partial charge in [-0.25, -0.2) is 0 Å². The highest BCUT2D eigenvalue weighted by atomic mass is 32.2. The lowest BCUT2D eigenvalue weighted by molar-refractivity contribution is 0.118. The molecule has 1 aliphatic rings. The molecule has 1 saturated heterocycles. The summed E-state index contributed by atoms with van der Waals surface area (Å²) in [6.07, 6.45) is 4.59. The Hall–Kier alpha value is -0.510. The van der Waals surface area contributed by atoms with Gasteiger partial charge in [0.2, 0.25) is 0 Å². The fourth-order valence-electron chi connectivity index (χ4n) is 3.11. The molecule has 2 rings (SSSR count). The van der Waals surface area contributed by atoms with E-state index in [1.165, 1.54) is 18.5 Å². The Morgan fingerprint density at radius 1 is 1.29 bits per heavy atom. The van der Waals surface area contributed by atoms with Gasteiger partial charge in [0.05, 0.1) is 0 Å². The van der Waals surface area contributed by atoms with Crippen LogP contribution < -0.4 is 5.32 Å². The van der Waals surface area contributed by atoms with E-state index in [2.05, 4.69) is 67.6 Å². The summed E-state index contributed by atoms with van der Waals surface area (Å²) in [5.74, 6) is 0. The van der Waals surface area contributed by atoms with Crippen LogP contribution in [0.2, 0.25) is 0 Å². The summed E-state index contributed by atoms with van der Waals surface area (Å²) in [5.41, 5.74) is 1.44. The highest BCUT2D eigenvalue weighted by Gasteiger charge is 2.30. The molecule has 2 atom stereocenters. The number of hydrogen-bond acceptors (Lipinski definition) is 3. The quantitative estimate of drug-likeness (QED) is 0.867. The van der Waals surface area contributed by atoms with Crippen molar-refractivity contribution in [2.75, 3.05) is 25.9 Å². The molecule has 0 aromatic heterocycles. The predicted molar refractivity (Wildman–Crippen MR) is 95.2 cm³/mol. The van der Waals surface area contributed by atoms with Crippen LogP contribution >= 0.6 is 11.8 Å². The molecule has 0 bridgehead atoms. The van der Waals surface area contributed by atoms with E-state index in [0.717, 1.165) is 19.5 Å². The van der Waals surface area contributed by atoms with Gasteiger partial charge in [-0.3, -0.25) is 4.90 Å². The summed E-state index contributed by atoms with van der Waals surface area (Å²) in [6, 6.07) is 12.1. The molecule has 0 saturated carbocycles. The van der Waals surface area contributed by atoms with Gasteiger partial charge in [-0.15, -0.1) is 0 Å². The van der Waals surface area contributed by atoms with Crippen molar-refractivity contribution in [1.82, 2.24) is 10.2 Å². The van der Waals surface area contributed by atoms with E-state index < -0.39 is 0 Å². The molecule has 1 fully saturated rings. The van der Waals surface area contributed by atoms with Crippen LogP contribution in [0.15, 0.2) is 30.3 Å². The van der Waals surface area contributed by atoms with E-state index >= 15 is 0 Å². The molecule has 1 aliphatic heterocycles. The first kappa shape index (κ1) is 16.9. The zero-order valence-electron chi connectivity index (χ0n) is 13.9. The summed E-state index contributed by atoms with van der Waals surface area (Å²) in [6.45, 7) is 10.5. The SMILES string of the molecule is CCC1CNC(Cc2ccccc2)CN1CC(C)(C)SC. The van der Waals surface area contributed by atoms with Gasteiger partial charge < -0.3 is 5.32 Å². The van der Waals surface area contributed by atoms with Crippen molar-refractivity contribution in [1.29, 1.82) is 0 Å². The van der Waals surface area contributed by atoms with Crippen LogP contribution in [0, 0.1) is 0 Å². The Morgan fingerprint density at radius 2 is 2.00 bits per heavy atom. The lowest BCUT2D eigenvalue weighted by atomic mass is 9.99. The minimum absolute atomic E-state index is 0.335. The zero-order chi connectivity index (χ0) is 15.3. The number of benzene rings is 1. The van der Waals surface area contributed by atoms with Crippen LogP contribution in [0.3, 0.4) is 0 Å². The van der Waals surface area contributed by atoms with Gasteiger partial charge >= 0.3 is 0 Å². The van der Waals surface area contributed by atoms with E-state index in [-0.39, 0.29) is 0 Å². The molecule has 118 valence electrons. The second-order valence-corrected chi connectivity index (χ2v) is 8.26. The number of rotatable bonds is 6. The third-order valence-electron chi connectivity index (χ3n) is 4.55. The van der Waals surface area contributed by atoms with E-state index in [0.29, 0.717) is 16.8 Å². The van der Waals surface area contributed by atoms with E-state index in [1.807, 2.05) is 11.8 Å². The van der Waals surface area contributed by atoms with Gasteiger partial charge in [0.1, 0.15) is 0 Å². The third kappa shape index (κ3) is 5.01. The van der Waals surface area contributed by atoms with Crippen molar-refractivity contribution in [3.05, 3.63) is 35.9 Å². The molecule has 1 N–H and O–H groups in total. The Kier molecular flexibility index (Phi) is 6.15. The molecule has 0 aliphatic carbocycles. The second-order valence-electron chi connectivity index (χ2n) is 6.75. The third-order valence-corrected chi connectivity index (χ3v) is 5.78. The van der Waals surface area contributed by atoms with Crippen LogP contribution in [0.25, 0.3) is 0 Å². The molecule has 2 nitrogen and oxygen atoms in total. The maximum absolute atomic E-state index is 3.75. The molecule has 3 heteroatoms. The first-order valence-electron chi connectivity index (χ1n) is 8.10. The highest BCUT2D eigenvalue weighted by molar-refractivity contribution is 7.99. The van der Waals surface area contributed by atoms with Crippen LogP contribution in [0.4, 0.5) is 0 Å². The fraction of sp³-hybridized carbons (Fsp3) is 0.667. The summed E-state index contributed by atoms with van der Waals surface area (Å²) in [7, 11) is 0. The molecule has 2 unspecified atom stereocenters. The molecule has 1 aromatic rings. The fourth-order valence-corrected chi connectivity index (χ4v) is 3.41. The number of hydrogen-bond donors (Lipinski definition) is 1. The van der Waals surface area contributed by atoms with E-state index in [1.54, 1.807) is 0 Å². The first-order valence-corrected chi connectivity index (χ1v) is 9.33. The van der Waals surface area contributed by atoms with E-state index in [4.69, 9.17) is 0 Å². The molecule has 1 heterocycles. The zero-order valence-corrected chi connectivity index (χ0v) is 14.7. The van der Waals surface area contributed by atoms with Gasteiger partial charge in [-0.05, 0) is 38.5 Å². The Labute approximate surface area is 134 Å². The van der Waals surface area contributed by atoms with Crippen LogP contribution in [-0.2, 0) is 6.42 Å². The molecule has 0 spiro atoms. The van der Waals surface area contributed by atoms with Crippen LogP contribution in [0.1, 0.15) is 32.8 Å². The van der Waals surface area contributed by atoms with E-state index in [9.17, 15) is 0 Å². The molecule has 0 amide bonds. The second kappa shape index (κ2) is 7.66. The maximum atomic E-state index is 3.75. The topological polar surface area (TPSA) is 15.3 Å². The molecular weight excluding hydrogens is 276 g/mol. The van der Waals surface area contributed by atoms with Gasteiger partial charge in [-0.1, -0.05) is 37.3 Å². The predicted octanol–water partition coefficient (Wildman–Crippen LogP) is 3.42. The Bertz CT molecular complexity index is 418. The lowest BCUT2D eigenvalue weighted by Gasteiger charge is -2.43. The standard InChI is InChI=1S/C18H30N2S/c1-5-17-12-19-16(11-15-9-7-6-8-10-15)13-20(17)14-18(2,3)21-4/h6-10,16-17,19H,5,11-14H2,1-4H3. The molecule has 21 heavy (non-hydrogen) atoms. The molecule has 1 aromatic carbocycles. The summed E-state index contributed by atoms with van der Waals surface area (Å²) in [4.78, 5) is 2.71. The minimum Gasteiger partial charge on any atom is -0.311 e.